The van der Waals surface area contributed by atoms with E-state index >= 15 is 0 Å². The van der Waals surface area contributed by atoms with Gasteiger partial charge in [0.1, 0.15) is 28.8 Å². The molecule has 0 aliphatic carbocycles. The minimum atomic E-state index is -0.477. The molecule has 0 spiro atoms. The van der Waals surface area contributed by atoms with Crippen LogP contribution in [-0.2, 0) is 32.5 Å². The summed E-state index contributed by atoms with van der Waals surface area (Å²) in [5.41, 5.74) is 28.0. The molecule has 0 aliphatic rings. The Morgan fingerprint density at radius 1 is 0.234 bits per heavy atom. The summed E-state index contributed by atoms with van der Waals surface area (Å²) in [5, 5.41) is 14.0. The number of methoxy groups -OCH3 is 4. The van der Waals surface area contributed by atoms with Gasteiger partial charge in [0.05, 0.1) is 28.4 Å². The van der Waals surface area contributed by atoms with Crippen LogP contribution in [0.4, 0.5) is 22.7 Å². The molecule has 0 aromatic heterocycles. The predicted molar refractivity (Wildman–Crippen MR) is 519 cm³/mol. The molecule has 0 bridgehead atoms. The molecule has 0 unspecified atom stereocenters. The number of fused-ring (bicyclic) bond motifs is 6. The molecule has 16 aromatic carbocycles. The Hall–Kier alpha value is -12.3. The molecule has 4 nitrogen and oxygen atoms in total. The highest BCUT2D eigenvalue weighted by Gasteiger charge is 2.31. The maximum Gasteiger partial charge on any atom is 0.123 e. The normalized spacial score (nSPS) is 12.1. The highest BCUT2D eigenvalue weighted by atomic mass is 20.0. The van der Waals surface area contributed by atoms with Gasteiger partial charge in [-0.3, -0.25) is 0 Å². The van der Waals surface area contributed by atoms with E-state index in [4.69, 9.17) is 37.2 Å². The van der Waals surface area contributed by atoms with E-state index in [0.29, 0.717) is 5.56 Å². The molecule has 16 rings (SSSR count). The van der Waals surface area contributed by atoms with Gasteiger partial charge in [0, 0.05) is 23.9 Å². The van der Waals surface area contributed by atoms with Crippen LogP contribution in [0.2, 0.25) is 0 Å². The van der Waals surface area contributed by atoms with Crippen molar-refractivity contribution in [1.82, 2.24) is 0 Å². The van der Waals surface area contributed by atoms with Gasteiger partial charge in [-0.1, -0.05) is 331 Å². The average Bonchev–Trinajstić information content (AvgIpc) is 0.695. The van der Waals surface area contributed by atoms with Crippen molar-refractivity contribution >= 4 is 70.5 Å². The van der Waals surface area contributed by atoms with Gasteiger partial charge >= 0.3 is 0 Å². The number of halogens is 5. The van der Waals surface area contributed by atoms with Crippen LogP contribution < -0.4 is 18.9 Å². The standard InChI is InChI=1S/C66H76.C49H39FO4.2F2/c1-61(2,3)46-27-19-41(20-28-46)53-39-51(66(16,17)18)40-55-58(44-25-33-49(34-26-44)64(10,11)12)60-54(57(59(53)55)43-23-31-48(32-24-43)63(7,8)9)38-45-37-50(65(13,14)15)35-36-52(45)56(60)42-21-29-47(30-22-42)62(4,5)6;1-29-7-9-33(10-8-29)47-44-28-40(54-6)27-42(32-15-19-37(51-3)20-16-32)48(44)46(34-13-11-31(12-14-34)30(2)50)43-26-36-25-39(53-5)23-24-41(36)45(49(43)47)35-17-21-38(52-4)22-18-35;2*1-2/h19-40H,1-18H3;7-28H,2H2,1,3-6H3;;. The largest absolute Gasteiger partial charge is 0.497 e. The van der Waals surface area contributed by atoms with Crippen LogP contribution in [0.15, 0.2) is 273 Å². The smallest absolute Gasteiger partial charge is 0.123 e. The summed E-state index contributed by atoms with van der Waals surface area (Å²) < 4.78 is 69.5. The topological polar surface area (TPSA) is 36.9 Å². The Bertz CT molecular complexity index is 6620. The SMILES string of the molecule is C=C(F)c1ccc(-c2c3cc4cc(OC)ccc4c(-c4ccc(OC)cc4)c3c(-c3ccc(C)cc3)c3cc(OC)cc(-c4ccc(OC)cc4)c23)cc1.CC(C)(C)c1ccc(-c2cc(C(C)(C)C)cc3c(-c4ccc(C(C)(C)C)cc4)c4c(-c5ccc(C(C)(C)C)cc5)c5ccc(C(C)(C)C)cc5cc4c(-c4ccc(C(C)(C)C)cc4)c23)cc1.FF.FF. The zero-order chi connectivity index (χ0) is 89.6. The van der Waals surface area contributed by atoms with E-state index in [9.17, 15) is 4.39 Å². The molecule has 0 heterocycles. The summed E-state index contributed by atoms with van der Waals surface area (Å²) in [4.78, 5) is 0. The van der Waals surface area contributed by atoms with Crippen LogP contribution in [-0.4, -0.2) is 28.4 Å². The average molecular weight is 1660 g/mol. The number of benzene rings is 16. The second kappa shape index (κ2) is 35.1. The van der Waals surface area contributed by atoms with Crippen LogP contribution in [0.25, 0.3) is 159 Å². The molecule has 0 atom stereocenters. The van der Waals surface area contributed by atoms with Crippen LogP contribution in [0.1, 0.15) is 169 Å². The quantitative estimate of drug-likeness (QED) is 0.0852. The lowest BCUT2D eigenvalue weighted by Crippen LogP contribution is -2.12. The monoisotopic (exact) mass is 1650 g/mol. The van der Waals surface area contributed by atoms with Gasteiger partial charge in [0.15, 0.2) is 0 Å². The van der Waals surface area contributed by atoms with E-state index in [2.05, 4.69) is 350 Å². The maximum atomic E-state index is 14.5. The fourth-order valence-corrected chi connectivity index (χ4v) is 17.5. The molecular weight excluding hydrogens is 1540 g/mol. The lowest BCUT2D eigenvalue weighted by atomic mass is 9.75. The van der Waals surface area contributed by atoms with Crippen LogP contribution in [0.3, 0.4) is 0 Å². The maximum absolute atomic E-state index is 14.5. The number of hydrogen-bond donors (Lipinski definition) is 0. The van der Waals surface area contributed by atoms with Crippen molar-refractivity contribution in [2.24, 2.45) is 0 Å². The summed E-state index contributed by atoms with van der Waals surface area (Å²) in [7, 11) is 6.75. The van der Waals surface area contributed by atoms with Crippen molar-refractivity contribution in [2.75, 3.05) is 28.4 Å². The molecular formula is C115H115F5O4. The molecule has 0 fully saturated rings. The molecule has 634 valence electrons. The summed E-state index contributed by atoms with van der Waals surface area (Å²) in [5.74, 6) is 2.56. The van der Waals surface area contributed by atoms with Crippen LogP contribution in [0, 0.1) is 6.92 Å². The number of aryl methyl sites for hydroxylation is 1. The van der Waals surface area contributed by atoms with Gasteiger partial charge in [0.25, 0.3) is 0 Å². The van der Waals surface area contributed by atoms with E-state index in [0.717, 1.165) is 99.8 Å². The molecule has 124 heavy (non-hydrogen) atoms. The first-order valence-corrected chi connectivity index (χ1v) is 42.5. The fraction of sp³-hybridized carbons (Fsp3) is 0.252. The van der Waals surface area contributed by atoms with Gasteiger partial charge in [-0.25, -0.2) is 4.39 Å². The predicted octanol–water partition coefficient (Wildman–Crippen LogP) is 34.4. The van der Waals surface area contributed by atoms with E-state index in [1.165, 1.54) is 116 Å². The Labute approximate surface area is 730 Å². The van der Waals surface area contributed by atoms with Crippen molar-refractivity contribution in [3.8, 4) is 112 Å². The summed E-state index contributed by atoms with van der Waals surface area (Å²) in [6.45, 7) is 47.5. The van der Waals surface area contributed by atoms with Crippen molar-refractivity contribution in [3.05, 3.63) is 318 Å². The molecule has 0 amide bonds. The fourth-order valence-electron chi connectivity index (χ4n) is 17.5. The molecule has 9 heteroatoms. The first kappa shape index (κ1) is 89.4. The Kier molecular flexibility index (Phi) is 25.3. The third-order valence-corrected chi connectivity index (χ3v) is 24.6. The van der Waals surface area contributed by atoms with E-state index in [1.54, 1.807) is 40.6 Å². The van der Waals surface area contributed by atoms with E-state index < -0.39 is 5.83 Å². The molecule has 0 saturated carbocycles. The highest BCUT2D eigenvalue weighted by Crippen LogP contribution is 2.57. The highest BCUT2D eigenvalue weighted by molar-refractivity contribution is 6.33. The van der Waals surface area contributed by atoms with Gasteiger partial charge in [0.2, 0.25) is 0 Å². The lowest BCUT2D eigenvalue weighted by molar-refractivity contribution is 0.108. The van der Waals surface area contributed by atoms with Gasteiger partial charge < -0.3 is 18.9 Å². The van der Waals surface area contributed by atoms with Crippen LogP contribution in [0.5, 0.6) is 23.0 Å². The molecule has 0 saturated heterocycles. The Morgan fingerprint density at radius 3 is 0.855 bits per heavy atom. The summed E-state index contributed by atoms with van der Waals surface area (Å²) >= 11 is 0. The van der Waals surface area contributed by atoms with Gasteiger partial charge in [-0.15, -0.1) is 0 Å². The second-order valence-electron chi connectivity index (χ2n) is 39.0. The first-order valence-electron chi connectivity index (χ1n) is 42.5. The molecule has 0 radical (unpaired) electrons. The Morgan fingerprint density at radius 2 is 0.500 bits per heavy atom. The van der Waals surface area contributed by atoms with Crippen LogP contribution >= 0.6 is 0 Å². The molecule has 0 N–H and O–H groups in total. The minimum Gasteiger partial charge on any atom is -0.497 e. The van der Waals surface area contributed by atoms with Gasteiger partial charge in [-0.05, 0) is 299 Å². The zero-order valence-corrected chi connectivity index (χ0v) is 76.1. The van der Waals surface area contributed by atoms with Crippen molar-refractivity contribution < 1.29 is 41.6 Å². The summed E-state index contributed by atoms with van der Waals surface area (Å²) in [6.07, 6.45) is 0. The van der Waals surface area contributed by atoms with Crippen molar-refractivity contribution in [2.45, 2.75) is 164 Å². The summed E-state index contributed by atoms with van der Waals surface area (Å²) in [6, 6.07) is 98.5. The zero-order valence-electron chi connectivity index (χ0n) is 76.1. The van der Waals surface area contributed by atoms with E-state index in [-0.39, 0.29) is 32.5 Å². The number of hydrogen-bond acceptors (Lipinski definition) is 4. The van der Waals surface area contributed by atoms with E-state index in [1.807, 2.05) is 42.5 Å². The molecule has 0 aliphatic heterocycles. The van der Waals surface area contributed by atoms with Crippen molar-refractivity contribution in [1.29, 1.82) is 0 Å². The van der Waals surface area contributed by atoms with Crippen molar-refractivity contribution in [3.63, 3.8) is 0 Å². The number of ether oxygens (including phenoxy) is 4. The first-order chi connectivity index (χ1) is 58.8. The second-order valence-corrected chi connectivity index (χ2v) is 39.0. The third kappa shape index (κ3) is 17.8. The molecule has 16 aromatic rings. The number of rotatable bonds is 13. The third-order valence-electron chi connectivity index (χ3n) is 24.6. The lowest BCUT2D eigenvalue weighted by Gasteiger charge is -2.28. The minimum absolute atomic E-state index is 0.0115. The van der Waals surface area contributed by atoms with Gasteiger partial charge in [-0.2, -0.15) is 0 Å². The Balaban J connectivity index is 0.000000209.